The second kappa shape index (κ2) is 10.2. The van der Waals surface area contributed by atoms with Crippen LogP contribution in [0.25, 0.3) is 11.3 Å². The summed E-state index contributed by atoms with van der Waals surface area (Å²) in [6.45, 7) is 6.79. The highest BCUT2D eigenvalue weighted by atomic mass is 16.6. The Kier molecular flexibility index (Phi) is 7.38. The maximum atomic E-state index is 11.3. The number of hydrogen-bond acceptors (Lipinski definition) is 6. The van der Waals surface area contributed by atoms with Crippen LogP contribution in [0.3, 0.4) is 0 Å². The van der Waals surface area contributed by atoms with Crippen LogP contribution in [0, 0.1) is 0 Å². The highest BCUT2D eigenvalue weighted by Crippen LogP contribution is 2.20. The molecule has 0 bridgehead atoms. The molecular formula is C24H28N2O4. The zero-order chi connectivity index (χ0) is 21.4. The van der Waals surface area contributed by atoms with Crippen molar-refractivity contribution in [3.63, 3.8) is 0 Å². The Morgan fingerprint density at radius 2 is 1.77 bits per heavy atom. The van der Waals surface area contributed by atoms with Crippen molar-refractivity contribution >= 4 is 5.97 Å². The van der Waals surface area contributed by atoms with Gasteiger partial charge in [0.1, 0.15) is 17.1 Å². The summed E-state index contributed by atoms with van der Waals surface area (Å²) in [5.41, 5.74) is 2.76. The van der Waals surface area contributed by atoms with E-state index >= 15 is 0 Å². The molecule has 0 amide bonds. The summed E-state index contributed by atoms with van der Waals surface area (Å²) < 4.78 is 15.5. The highest BCUT2D eigenvalue weighted by molar-refractivity contribution is 5.74. The van der Waals surface area contributed by atoms with Gasteiger partial charge in [-0.3, -0.25) is 5.32 Å². The molecule has 1 unspecified atom stereocenters. The number of carbonyl (C=O) groups is 1. The van der Waals surface area contributed by atoms with Crippen molar-refractivity contribution in [2.75, 3.05) is 13.2 Å². The van der Waals surface area contributed by atoms with Crippen LogP contribution in [-0.4, -0.2) is 36.1 Å². The van der Waals surface area contributed by atoms with Crippen LogP contribution in [0.4, 0.5) is 0 Å². The van der Waals surface area contributed by atoms with Crippen LogP contribution in [-0.2, 0) is 20.7 Å². The van der Waals surface area contributed by atoms with E-state index in [-0.39, 0.29) is 5.97 Å². The molecule has 0 aliphatic carbocycles. The molecule has 0 saturated carbocycles. The molecule has 1 aliphatic heterocycles. The van der Waals surface area contributed by atoms with E-state index in [4.69, 9.17) is 14.0 Å². The van der Waals surface area contributed by atoms with Gasteiger partial charge in [0.2, 0.25) is 6.23 Å². The number of ether oxygens (including phenoxy) is 2. The number of nitrogens with zero attached hydrogens (tertiary/aromatic N) is 1. The lowest BCUT2D eigenvalue weighted by molar-refractivity contribution is -0.166. The maximum absolute atomic E-state index is 11.3. The van der Waals surface area contributed by atoms with Crippen LogP contribution in [0.1, 0.15) is 32.1 Å². The molecule has 1 atom stereocenters. The smallest absolute Gasteiger partial charge is 0.351 e. The summed E-state index contributed by atoms with van der Waals surface area (Å²) in [5.74, 6) is 0.556. The SMILES string of the molecule is CC(C)(C)OC(=O)C1NCCO1.c1ccc(Cc2cc(-c3ccccc3)no2)cc1. The van der Waals surface area contributed by atoms with E-state index in [1.165, 1.54) is 5.56 Å². The Balaban J connectivity index is 0.000000187. The van der Waals surface area contributed by atoms with Gasteiger partial charge in [-0.1, -0.05) is 65.8 Å². The summed E-state index contributed by atoms with van der Waals surface area (Å²) in [4.78, 5) is 11.3. The van der Waals surface area contributed by atoms with Crippen LogP contribution in [0.5, 0.6) is 0 Å². The average Bonchev–Trinajstić information content (AvgIpc) is 3.41. The fourth-order valence-corrected chi connectivity index (χ4v) is 2.87. The minimum atomic E-state index is -0.566. The van der Waals surface area contributed by atoms with Gasteiger partial charge in [-0.05, 0) is 26.3 Å². The molecular weight excluding hydrogens is 380 g/mol. The zero-order valence-corrected chi connectivity index (χ0v) is 17.6. The number of rotatable bonds is 4. The van der Waals surface area contributed by atoms with Gasteiger partial charge in [-0.2, -0.15) is 0 Å². The summed E-state index contributed by atoms with van der Waals surface area (Å²) in [6, 6.07) is 22.3. The van der Waals surface area contributed by atoms with Gasteiger partial charge in [0, 0.05) is 24.6 Å². The molecule has 2 heterocycles. The van der Waals surface area contributed by atoms with E-state index < -0.39 is 11.8 Å². The fraction of sp³-hybridized carbons (Fsp3) is 0.333. The molecule has 30 heavy (non-hydrogen) atoms. The van der Waals surface area contributed by atoms with Gasteiger partial charge in [0.15, 0.2) is 0 Å². The van der Waals surface area contributed by atoms with Gasteiger partial charge < -0.3 is 14.0 Å². The number of hydrogen-bond donors (Lipinski definition) is 1. The first-order chi connectivity index (χ1) is 14.4. The van der Waals surface area contributed by atoms with Gasteiger partial charge in [-0.15, -0.1) is 0 Å². The molecule has 0 spiro atoms. The molecule has 1 aromatic heterocycles. The van der Waals surface area contributed by atoms with Crippen molar-refractivity contribution in [3.8, 4) is 11.3 Å². The molecule has 1 N–H and O–H groups in total. The van der Waals surface area contributed by atoms with E-state index in [2.05, 4.69) is 22.6 Å². The predicted octanol–water partition coefficient (Wildman–Crippen LogP) is 4.21. The molecule has 3 aromatic rings. The number of esters is 1. The van der Waals surface area contributed by atoms with E-state index in [1.807, 2.05) is 75.4 Å². The van der Waals surface area contributed by atoms with E-state index in [0.717, 1.165) is 23.4 Å². The first kappa shape index (κ1) is 21.7. The van der Waals surface area contributed by atoms with Crippen molar-refractivity contribution in [2.24, 2.45) is 0 Å². The molecule has 6 heteroatoms. The Labute approximate surface area is 177 Å². The third kappa shape index (κ3) is 6.83. The Morgan fingerprint density at radius 3 is 2.37 bits per heavy atom. The van der Waals surface area contributed by atoms with E-state index in [0.29, 0.717) is 13.2 Å². The minimum absolute atomic E-state index is 0.333. The van der Waals surface area contributed by atoms with Crippen LogP contribution in [0.2, 0.25) is 0 Å². The summed E-state index contributed by atoms with van der Waals surface area (Å²) in [6.07, 6.45) is 0.213. The molecule has 1 saturated heterocycles. The predicted molar refractivity (Wildman–Crippen MR) is 115 cm³/mol. The second-order valence-corrected chi connectivity index (χ2v) is 7.95. The van der Waals surface area contributed by atoms with Crippen LogP contribution < -0.4 is 5.32 Å². The number of nitrogens with one attached hydrogen (secondary N) is 1. The van der Waals surface area contributed by atoms with Gasteiger partial charge in [-0.25, -0.2) is 4.79 Å². The lowest BCUT2D eigenvalue weighted by atomic mass is 10.1. The Morgan fingerprint density at radius 1 is 1.10 bits per heavy atom. The van der Waals surface area contributed by atoms with Gasteiger partial charge in [0.25, 0.3) is 0 Å². The molecule has 158 valence electrons. The van der Waals surface area contributed by atoms with Crippen molar-refractivity contribution in [3.05, 3.63) is 78.1 Å². The normalized spacial score (nSPS) is 15.9. The number of aromatic nitrogens is 1. The highest BCUT2D eigenvalue weighted by Gasteiger charge is 2.28. The zero-order valence-electron chi connectivity index (χ0n) is 17.6. The van der Waals surface area contributed by atoms with E-state index in [9.17, 15) is 4.79 Å². The molecule has 1 aliphatic rings. The van der Waals surface area contributed by atoms with Crippen molar-refractivity contribution in [1.82, 2.24) is 10.5 Å². The minimum Gasteiger partial charge on any atom is -0.457 e. The molecule has 0 radical (unpaired) electrons. The average molecular weight is 408 g/mol. The van der Waals surface area contributed by atoms with Crippen molar-refractivity contribution in [2.45, 2.75) is 39.0 Å². The monoisotopic (exact) mass is 408 g/mol. The first-order valence-corrected chi connectivity index (χ1v) is 10.0. The lowest BCUT2D eigenvalue weighted by Gasteiger charge is -2.21. The number of carbonyl (C=O) groups excluding carboxylic acids is 1. The third-order valence-corrected chi connectivity index (χ3v) is 4.19. The molecule has 6 nitrogen and oxygen atoms in total. The van der Waals surface area contributed by atoms with E-state index in [1.54, 1.807) is 0 Å². The summed E-state index contributed by atoms with van der Waals surface area (Å²) in [7, 11) is 0. The Bertz CT molecular complexity index is 911. The standard InChI is InChI=1S/C16H13NO.C8H15NO3/c1-3-7-13(8-4-1)11-15-12-16(17-18-15)14-9-5-2-6-10-14;1-8(2,3)12-7(10)6-9-4-5-11-6/h1-10,12H,11H2;6,9H,4-5H2,1-3H3. The lowest BCUT2D eigenvalue weighted by Crippen LogP contribution is -2.38. The summed E-state index contributed by atoms with van der Waals surface area (Å²) in [5, 5.41) is 6.99. The van der Waals surface area contributed by atoms with Gasteiger partial charge in [0.05, 0.1) is 6.61 Å². The maximum Gasteiger partial charge on any atom is 0.351 e. The van der Waals surface area contributed by atoms with Crippen molar-refractivity contribution in [1.29, 1.82) is 0 Å². The second-order valence-electron chi connectivity index (χ2n) is 7.95. The third-order valence-electron chi connectivity index (χ3n) is 4.19. The summed E-state index contributed by atoms with van der Waals surface area (Å²) >= 11 is 0. The fourth-order valence-electron chi connectivity index (χ4n) is 2.87. The first-order valence-electron chi connectivity index (χ1n) is 10.0. The quantitative estimate of drug-likeness (QED) is 0.652. The largest absolute Gasteiger partial charge is 0.457 e. The molecule has 2 aromatic carbocycles. The Hall–Kier alpha value is -2.96. The van der Waals surface area contributed by atoms with Crippen LogP contribution >= 0.6 is 0 Å². The van der Waals surface area contributed by atoms with Crippen LogP contribution in [0.15, 0.2) is 71.3 Å². The van der Waals surface area contributed by atoms with Crippen molar-refractivity contribution < 1.29 is 18.8 Å². The van der Waals surface area contributed by atoms with Gasteiger partial charge >= 0.3 is 5.97 Å². The topological polar surface area (TPSA) is 73.6 Å². The molecule has 4 rings (SSSR count). The molecule has 1 fully saturated rings. The number of benzene rings is 2.